The summed E-state index contributed by atoms with van der Waals surface area (Å²) in [5, 5.41) is 12.8. The van der Waals surface area contributed by atoms with Gasteiger partial charge in [-0.1, -0.05) is 0 Å². The molecular weight excluding hydrogens is 240 g/mol. The van der Waals surface area contributed by atoms with Crippen LogP contribution in [0.5, 0.6) is 0 Å². The molecule has 1 aromatic heterocycles. The van der Waals surface area contributed by atoms with Crippen molar-refractivity contribution < 1.29 is 13.5 Å². The molecule has 1 rings (SSSR count). The van der Waals surface area contributed by atoms with E-state index in [0.717, 1.165) is 0 Å². The Morgan fingerprint density at radius 2 is 2.20 bits per heavy atom. The summed E-state index contributed by atoms with van der Waals surface area (Å²) in [5.74, 6) is 0. The number of halogens is 1. The molecule has 0 amide bonds. The van der Waals surface area contributed by atoms with Crippen LogP contribution in [0.1, 0.15) is 20.3 Å². The molecule has 0 unspecified atom stereocenters. The lowest BCUT2D eigenvalue weighted by atomic mass is 10.0. The molecule has 86 valence electrons. The van der Waals surface area contributed by atoms with Gasteiger partial charge in [0.25, 0.3) is 9.05 Å². The summed E-state index contributed by atoms with van der Waals surface area (Å²) in [5.41, 5.74) is -0.436. The standard InChI is InChI=1S/C8H13ClN2O3S/c1-8(2,3-4-12)11-6-7(5-10-11)15(9,13)14/h5-6,12H,3-4H2,1-2H3. The highest BCUT2D eigenvalue weighted by molar-refractivity contribution is 8.13. The number of nitrogens with zero attached hydrogens (tertiary/aromatic N) is 2. The van der Waals surface area contributed by atoms with Gasteiger partial charge in [-0.05, 0) is 20.3 Å². The van der Waals surface area contributed by atoms with E-state index >= 15 is 0 Å². The van der Waals surface area contributed by atoms with Gasteiger partial charge in [0.1, 0.15) is 4.90 Å². The van der Waals surface area contributed by atoms with E-state index in [1.165, 1.54) is 17.1 Å². The molecule has 15 heavy (non-hydrogen) atoms. The summed E-state index contributed by atoms with van der Waals surface area (Å²) in [6.07, 6.45) is 3.04. The molecule has 0 aliphatic heterocycles. The zero-order valence-corrected chi connectivity index (χ0v) is 10.1. The first-order valence-corrected chi connectivity index (χ1v) is 6.69. The third-order valence-electron chi connectivity index (χ3n) is 2.18. The van der Waals surface area contributed by atoms with Crippen LogP contribution in [0.2, 0.25) is 0 Å². The molecule has 0 atom stereocenters. The van der Waals surface area contributed by atoms with Gasteiger partial charge in [0.15, 0.2) is 0 Å². The first kappa shape index (κ1) is 12.5. The van der Waals surface area contributed by atoms with Crippen LogP contribution in [-0.2, 0) is 14.6 Å². The predicted molar refractivity (Wildman–Crippen MR) is 56.3 cm³/mol. The van der Waals surface area contributed by atoms with Crippen molar-refractivity contribution in [1.29, 1.82) is 0 Å². The number of hydrogen-bond donors (Lipinski definition) is 1. The van der Waals surface area contributed by atoms with Crippen molar-refractivity contribution in [1.82, 2.24) is 9.78 Å². The lowest BCUT2D eigenvalue weighted by Crippen LogP contribution is -2.27. The Hall–Kier alpha value is -0.590. The second-order valence-electron chi connectivity index (χ2n) is 3.84. The number of aliphatic hydroxyl groups excluding tert-OH is 1. The maximum absolute atomic E-state index is 11.0. The van der Waals surface area contributed by atoms with Gasteiger partial charge >= 0.3 is 0 Å². The Morgan fingerprint density at radius 3 is 2.60 bits per heavy atom. The van der Waals surface area contributed by atoms with E-state index in [1.54, 1.807) is 0 Å². The summed E-state index contributed by atoms with van der Waals surface area (Å²) in [4.78, 5) is -0.0322. The van der Waals surface area contributed by atoms with Gasteiger partial charge < -0.3 is 5.11 Å². The van der Waals surface area contributed by atoms with Gasteiger partial charge in [0.2, 0.25) is 0 Å². The number of hydrogen-bond acceptors (Lipinski definition) is 4. The van der Waals surface area contributed by atoms with Gasteiger partial charge in [0, 0.05) is 23.5 Å². The molecule has 0 aromatic carbocycles. The molecule has 0 aliphatic carbocycles. The molecule has 5 nitrogen and oxygen atoms in total. The minimum atomic E-state index is -3.73. The maximum Gasteiger partial charge on any atom is 0.264 e. The van der Waals surface area contributed by atoms with Gasteiger partial charge in [-0.2, -0.15) is 5.10 Å². The average Bonchev–Trinajstić information content (AvgIpc) is 2.50. The van der Waals surface area contributed by atoms with E-state index in [-0.39, 0.29) is 11.5 Å². The Bertz CT molecular complexity index is 438. The molecule has 1 aromatic rings. The topological polar surface area (TPSA) is 72.2 Å². The lowest BCUT2D eigenvalue weighted by molar-refractivity contribution is 0.201. The minimum Gasteiger partial charge on any atom is -0.396 e. The molecule has 0 radical (unpaired) electrons. The maximum atomic E-state index is 11.0. The normalized spacial score (nSPS) is 13.1. The summed E-state index contributed by atoms with van der Waals surface area (Å²) in [6, 6.07) is 0. The molecule has 0 saturated heterocycles. The molecule has 1 N–H and O–H groups in total. The van der Waals surface area contributed by atoms with Crippen LogP contribution in [-0.4, -0.2) is 29.9 Å². The Labute approximate surface area is 93.1 Å². The molecule has 1 heterocycles. The predicted octanol–water partition coefficient (Wildman–Crippen LogP) is 0.928. The van der Waals surface area contributed by atoms with Gasteiger partial charge in [-0.15, -0.1) is 0 Å². The van der Waals surface area contributed by atoms with E-state index in [1.807, 2.05) is 13.8 Å². The zero-order chi connectivity index (χ0) is 11.7. The smallest absolute Gasteiger partial charge is 0.264 e. The van der Waals surface area contributed by atoms with E-state index < -0.39 is 14.6 Å². The number of rotatable bonds is 4. The second kappa shape index (κ2) is 4.11. The fraction of sp³-hybridized carbons (Fsp3) is 0.625. The van der Waals surface area contributed by atoms with Crippen LogP contribution < -0.4 is 0 Å². The quantitative estimate of drug-likeness (QED) is 0.809. The Kier molecular flexibility index (Phi) is 3.42. The molecule has 7 heteroatoms. The van der Waals surface area contributed by atoms with Crippen molar-refractivity contribution in [2.45, 2.75) is 30.7 Å². The van der Waals surface area contributed by atoms with Crippen LogP contribution in [0.15, 0.2) is 17.3 Å². The largest absolute Gasteiger partial charge is 0.396 e. The summed E-state index contributed by atoms with van der Waals surface area (Å²) < 4.78 is 23.5. The minimum absolute atomic E-state index is 0.00974. The van der Waals surface area contributed by atoms with E-state index in [2.05, 4.69) is 5.10 Å². The molecular formula is C8H13ClN2O3S. The third kappa shape index (κ3) is 2.93. The van der Waals surface area contributed by atoms with E-state index in [0.29, 0.717) is 6.42 Å². The molecule has 0 fully saturated rings. The third-order valence-corrected chi connectivity index (χ3v) is 3.49. The van der Waals surface area contributed by atoms with Gasteiger partial charge in [0.05, 0.1) is 11.7 Å². The first-order chi connectivity index (χ1) is 6.77. The van der Waals surface area contributed by atoms with Gasteiger partial charge in [-0.3, -0.25) is 4.68 Å². The summed E-state index contributed by atoms with van der Waals surface area (Å²) in [6.45, 7) is 3.71. The summed E-state index contributed by atoms with van der Waals surface area (Å²) in [7, 11) is 1.44. The zero-order valence-electron chi connectivity index (χ0n) is 8.51. The first-order valence-electron chi connectivity index (χ1n) is 4.38. The summed E-state index contributed by atoms with van der Waals surface area (Å²) >= 11 is 0. The van der Waals surface area contributed by atoms with Crippen molar-refractivity contribution in [3.8, 4) is 0 Å². The van der Waals surface area contributed by atoms with Crippen molar-refractivity contribution in [3.63, 3.8) is 0 Å². The fourth-order valence-electron chi connectivity index (χ4n) is 1.15. The van der Waals surface area contributed by atoms with Crippen LogP contribution in [0.25, 0.3) is 0 Å². The highest BCUT2D eigenvalue weighted by atomic mass is 35.7. The highest BCUT2D eigenvalue weighted by Gasteiger charge is 2.22. The highest BCUT2D eigenvalue weighted by Crippen LogP contribution is 2.21. The number of aromatic nitrogens is 2. The van der Waals surface area contributed by atoms with Crippen LogP contribution in [0.4, 0.5) is 0 Å². The van der Waals surface area contributed by atoms with E-state index in [4.69, 9.17) is 15.8 Å². The van der Waals surface area contributed by atoms with Crippen LogP contribution >= 0.6 is 10.7 Å². The SMILES string of the molecule is CC(C)(CCO)n1cc(S(=O)(=O)Cl)cn1. The van der Waals surface area contributed by atoms with Crippen molar-refractivity contribution in [3.05, 3.63) is 12.4 Å². The van der Waals surface area contributed by atoms with Crippen LogP contribution in [0.3, 0.4) is 0 Å². The fourth-order valence-corrected chi connectivity index (χ4v) is 1.79. The van der Waals surface area contributed by atoms with Crippen molar-refractivity contribution in [2.75, 3.05) is 6.61 Å². The number of aliphatic hydroxyl groups is 1. The lowest BCUT2D eigenvalue weighted by Gasteiger charge is -2.24. The Balaban J connectivity index is 3.04. The van der Waals surface area contributed by atoms with Crippen molar-refractivity contribution >= 4 is 19.7 Å². The monoisotopic (exact) mass is 252 g/mol. The average molecular weight is 253 g/mol. The second-order valence-corrected chi connectivity index (χ2v) is 6.41. The molecule has 0 aliphatic rings. The molecule has 0 spiro atoms. The Morgan fingerprint density at radius 1 is 1.60 bits per heavy atom. The van der Waals surface area contributed by atoms with Crippen molar-refractivity contribution in [2.24, 2.45) is 0 Å². The van der Waals surface area contributed by atoms with Crippen LogP contribution in [0, 0.1) is 0 Å². The molecule has 0 bridgehead atoms. The van der Waals surface area contributed by atoms with E-state index in [9.17, 15) is 8.42 Å². The van der Waals surface area contributed by atoms with Gasteiger partial charge in [-0.25, -0.2) is 8.42 Å². The molecule has 0 saturated carbocycles.